The topological polar surface area (TPSA) is 69.7 Å². The number of hydrogen-bond acceptors (Lipinski definition) is 5. The molecular weight excluding hydrogens is 224 g/mol. The number of allylic oxidation sites excluding steroid dienone is 1. The predicted octanol–water partition coefficient (Wildman–Crippen LogP) is 0.933. The number of esters is 2. The van der Waals surface area contributed by atoms with Crippen molar-refractivity contribution in [2.24, 2.45) is 23.7 Å². The molecule has 0 N–H and O–H groups in total. The Balaban J connectivity index is 3.00. The van der Waals surface area contributed by atoms with Crippen molar-refractivity contribution in [3.63, 3.8) is 0 Å². The zero-order valence-electron chi connectivity index (χ0n) is 10.1. The minimum Gasteiger partial charge on any atom is -0.469 e. The standard InChI is InChI=1S/C12H16O5/c1-7-4-5-9(11(14)16-3)10(8(7)2)12(15)17-6-13/h4-10H,1-3H3. The number of hydrogen-bond donors (Lipinski definition) is 0. The van der Waals surface area contributed by atoms with Gasteiger partial charge in [-0.1, -0.05) is 26.0 Å². The Kier molecular flexibility index (Phi) is 4.43. The average Bonchev–Trinajstić information content (AvgIpc) is 2.31. The first-order chi connectivity index (χ1) is 8.02. The fourth-order valence-corrected chi connectivity index (χ4v) is 2.09. The molecule has 0 aromatic carbocycles. The molecule has 17 heavy (non-hydrogen) atoms. The van der Waals surface area contributed by atoms with E-state index in [0.717, 1.165) is 0 Å². The van der Waals surface area contributed by atoms with E-state index in [-0.39, 0.29) is 18.3 Å². The molecule has 5 nitrogen and oxygen atoms in total. The normalized spacial score (nSPS) is 31.7. The van der Waals surface area contributed by atoms with E-state index in [2.05, 4.69) is 9.47 Å². The fraction of sp³-hybridized carbons (Fsp3) is 0.583. The summed E-state index contributed by atoms with van der Waals surface area (Å²) in [6, 6.07) is 0. The van der Waals surface area contributed by atoms with Gasteiger partial charge in [0.25, 0.3) is 0 Å². The van der Waals surface area contributed by atoms with E-state index in [1.54, 1.807) is 6.08 Å². The molecule has 1 aliphatic carbocycles. The van der Waals surface area contributed by atoms with Crippen molar-refractivity contribution in [2.45, 2.75) is 13.8 Å². The Bertz CT molecular complexity index is 347. The predicted molar refractivity (Wildman–Crippen MR) is 58.6 cm³/mol. The van der Waals surface area contributed by atoms with Crippen LogP contribution in [0.5, 0.6) is 0 Å². The first-order valence-electron chi connectivity index (χ1n) is 5.43. The van der Waals surface area contributed by atoms with Gasteiger partial charge >= 0.3 is 18.4 Å². The van der Waals surface area contributed by atoms with E-state index in [1.807, 2.05) is 19.9 Å². The highest BCUT2D eigenvalue weighted by atomic mass is 16.6. The number of carbonyl (C=O) groups excluding carboxylic acids is 3. The van der Waals surface area contributed by atoms with Crippen LogP contribution in [-0.4, -0.2) is 25.5 Å². The van der Waals surface area contributed by atoms with Crippen LogP contribution >= 0.6 is 0 Å². The third kappa shape index (κ3) is 2.72. The van der Waals surface area contributed by atoms with E-state index >= 15 is 0 Å². The van der Waals surface area contributed by atoms with Gasteiger partial charge in [0.1, 0.15) is 0 Å². The van der Waals surface area contributed by atoms with Gasteiger partial charge in [-0.2, -0.15) is 0 Å². The molecule has 0 heterocycles. The van der Waals surface area contributed by atoms with Gasteiger partial charge in [-0.3, -0.25) is 14.4 Å². The molecule has 4 unspecified atom stereocenters. The van der Waals surface area contributed by atoms with Gasteiger partial charge < -0.3 is 9.47 Å². The Morgan fingerprint density at radius 3 is 2.35 bits per heavy atom. The highest BCUT2D eigenvalue weighted by Gasteiger charge is 2.42. The second-order valence-corrected chi connectivity index (χ2v) is 4.21. The van der Waals surface area contributed by atoms with Crippen molar-refractivity contribution >= 4 is 18.4 Å². The summed E-state index contributed by atoms with van der Waals surface area (Å²) in [5.74, 6) is -2.48. The average molecular weight is 240 g/mol. The molecule has 0 aromatic heterocycles. The van der Waals surface area contributed by atoms with Gasteiger partial charge in [-0.15, -0.1) is 0 Å². The van der Waals surface area contributed by atoms with Crippen LogP contribution in [0.1, 0.15) is 13.8 Å². The maximum absolute atomic E-state index is 11.7. The van der Waals surface area contributed by atoms with Gasteiger partial charge in [0.2, 0.25) is 0 Å². The van der Waals surface area contributed by atoms with Gasteiger partial charge in [0, 0.05) is 0 Å². The lowest BCUT2D eigenvalue weighted by Gasteiger charge is -2.32. The minimum atomic E-state index is -0.682. The highest BCUT2D eigenvalue weighted by molar-refractivity contribution is 5.86. The molecule has 0 amide bonds. The lowest BCUT2D eigenvalue weighted by Crippen LogP contribution is -2.39. The van der Waals surface area contributed by atoms with Crippen LogP contribution < -0.4 is 0 Å². The molecule has 1 rings (SSSR count). The van der Waals surface area contributed by atoms with Crippen molar-refractivity contribution in [3.05, 3.63) is 12.2 Å². The van der Waals surface area contributed by atoms with Crippen molar-refractivity contribution in [1.29, 1.82) is 0 Å². The van der Waals surface area contributed by atoms with Crippen molar-refractivity contribution in [3.8, 4) is 0 Å². The van der Waals surface area contributed by atoms with Gasteiger partial charge in [0.05, 0.1) is 18.9 Å². The number of rotatable bonds is 3. The van der Waals surface area contributed by atoms with Crippen LogP contribution in [0.25, 0.3) is 0 Å². The van der Waals surface area contributed by atoms with Crippen LogP contribution in [0, 0.1) is 23.7 Å². The zero-order chi connectivity index (χ0) is 13.0. The van der Waals surface area contributed by atoms with Crippen molar-refractivity contribution in [2.75, 3.05) is 7.11 Å². The van der Waals surface area contributed by atoms with Gasteiger partial charge in [0.15, 0.2) is 0 Å². The van der Waals surface area contributed by atoms with Crippen LogP contribution in [-0.2, 0) is 23.9 Å². The zero-order valence-corrected chi connectivity index (χ0v) is 10.1. The minimum absolute atomic E-state index is 0.0865. The molecule has 0 aromatic rings. The van der Waals surface area contributed by atoms with E-state index in [1.165, 1.54) is 7.11 Å². The SMILES string of the molecule is COC(=O)C1C=CC(C)C(C)C1C(=O)OC=O. The molecule has 0 saturated carbocycles. The molecule has 4 atom stereocenters. The largest absolute Gasteiger partial charge is 0.469 e. The van der Waals surface area contributed by atoms with Gasteiger partial charge in [-0.05, 0) is 11.8 Å². The molecular formula is C12H16O5. The Morgan fingerprint density at radius 2 is 1.82 bits per heavy atom. The summed E-state index contributed by atoms with van der Waals surface area (Å²) in [4.78, 5) is 33.5. The molecule has 5 heteroatoms. The second-order valence-electron chi connectivity index (χ2n) is 4.21. The lowest BCUT2D eigenvalue weighted by molar-refractivity contribution is -0.163. The Hall–Kier alpha value is -1.65. The summed E-state index contributed by atoms with van der Waals surface area (Å²) in [6.45, 7) is 3.88. The summed E-state index contributed by atoms with van der Waals surface area (Å²) < 4.78 is 9.01. The molecule has 0 radical (unpaired) electrons. The molecule has 0 spiro atoms. The smallest absolute Gasteiger partial charge is 0.317 e. The summed E-state index contributed by atoms with van der Waals surface area (Å²) >= 11 is 0. The van der Waals surface area contributed by atoms with E-state index in [9.17, 15) is 14.4 Å². The van der Waals surface area contributed by atoms with Crippen LogP contribution in [0.15, 0.2) is 12.2 Å². The van der Waals surface area contributed by atoms with Crippen LogP contribution in [0.3, 0.4) is 0 Å². The summed E-state index contributed by atoms with van der Waals surface area (Å²) in [7, 11) is 1.26. The number of methoxy groups -OCH3 is 1. The van der Waals surface area contributed by atoms with Crippen LogP contribution in [0.2, 0.25) is 0 Å². The summed E-state index contributed by atoms with van der Waals surface area (Å²) in [6.07, 6.45) is 3.52. The Labute approximate surface area is 99.8 Å². The summed E-state index contributed by atoms with van der Waals surface area (Å²) in [5.41, 5.74) is 0. The third-order valence-corrected chi connectivity index (χ3v) is 3.31. The van der Waals surface area contributed by atoms with Crippen LogP contribution in [0.4, 0.5) is 0 Å². The molecule has 94 valence electrons. The van der Waals surface area contributed by atoms with Crippen molar-refractivity contribution < 1.29 is 23.9 Å². The third-order valence-electron chi connectivity index (χ3n) is 3.31. The van der Waals surface area contributed by atoms with Gasteiger partial charge in [-0.25, -0.2) is 0 Å². The molecule has 1 aliphatic rings. The second kappa shape index (κ2) is 5.61. The van der Waals surface area contributed by atoms with E-state index in [0.29, 0.717) is 0 Å². The molecule has 0 aliphatic heterocycles. The first kappa shape index (κ1) is 13.4. The van der Waals surface area contributed by atoms with Crippen molar-refractivity contribution in [1.82, 2.24) is 0 Å². The van der Waals surface area contributed by atoms with E-state index in [4.69, 9.17) is 0 Å². The fourth-order valence-electron chi connectivity index (χ4n) is 2.09. The lowest BCUT2D eigenvalue weighted by atomic mass is 9.72. The summed E-state index contributed by atoms with van der Waals surface area (Å²) in [5, 5.41) is 0. The number of carbonyl (C=O) groups is 3. The molecule has 0 saturated heterocycles. The van der Waals surface area contributed by atoms with E-state index < -0.39 is 23.8 Å². The monoisotopic (exact) mass is 240 g/mol. The molecule has 0 fully saturated rings. The molecule has 0 bridgehead atoms. The number of ether oxygens (including phenoxy) is 2. The first-order valence-corrected chi connectivity index (χ1v) is 5.43. The maximum atomic E-state index is 11.7. The maximum Gasteiger partial charge on any atom is 0.317 e. The highest BCUT2D eigenvalue weighted by Crippen LogP contribution is 2.35. The Morgan fingerprint density at radius 1 is 1.18 bits per heavy atom. The quantitative estimate of drug-likeness (QED) is 0.318.